The second kappa shape index (κ2) is 7.47. The van der Waals surface area contributed by atoms with E-state index < -0.39 is 0 Å². The normalized spacial score (nSPS) is 12.3. The lowest BCUT2D eigenvalue weighted by molar-refractivity contribution is -0.111. The van der Waals surface area contributed by atoms with E-state index in [9.17, 15) is 4.79 Å². The summed E-state index contributed by atoms with van der Waals surface area (Å²) in [4.78, 5) is 10.9. The zero-order valence-corrected chi connectivity index (χ0v) is 9.62. The summed E-state index contributed by atoms with van der Waals surface area (Å²) in [7, 11) is 0. The summed E-state index contributed by atoms with van der Waals surface area (Å²) in [5.74, 6) is 0.840. The third kappa shape index (κ3) is 4.98. The molecule has 0 aromatic heterocycles. The van der Waals surface area contributed by atoms with Crippen LogP contribution in [0, 0.1) is 5.92 Å². The predicted molar refractivity (Wildman–Crippen MR) is 64.3 cm³/mol. The maximum atomic E-state index is 10.9. The standard InChI is InChI=1S/C13H17ClO/c14-9-5-4-8-13(11-15)10-12-6-2-1-3-7-12/h1-3,6-7,11,13H,4-5,8-10H2. The number of halogens is 1. The molecule has 0 aliphatic heterocycles. The Hall–Kier alpha value is -0.820. The second-order valence-corrected chi connectivity index (χ2v) is 4.15. The molecule has 1 unspecified atom stereocenters. The summed E-state index contributed by atoms with van der Waals surface area (Å²) in [6.45, 7) is 0. The van der Waals surface area contributed by atoms with Gasteiger partial charge in [0.1, 0.15) is 6.29 Å². The van der Waals surface area contributed by atoms with Crippen LogP contribution in [-0.2, 0) is 11.2 Å². The Morgan fingerprint density at radius 3 is 2.53 bits per heavy atom. The van der Waals surface area contributed by atoms with Crippen LogP contribution < -0.4 is 0 Å². The van der Waals surface area contributed by atoms with Crippen LogP contribution in [0.1, 0.15) is 24.8 Å². The summed E-state index contributed by atoms with van der Waals surface area (Å²) >= 11 is 5.60. The van der Waals surface area contributed by atoms with Crippen molar-refractivity contribution in [3.8, 4) is 0 Å². The molecule has 1 aromatic rings. The molecule has 1 rings (SSSR count). The van der Waals surface area contributed by atoms with E-state index in [0.29, 0.717) is 5.88 Å². The van der Waals surface area contributed by atoms with Crippen molar-refractivity contribution in [3.63, 3.8) is 0 Å². The first-order valence-electron chi connectivity index (χ1n) is 5.42. The monoisotopic (exact) mass is 224 g/mol. The molecule has 0 aliphatic rings. The van der Waals surface area contributed by atoms with Gasteiger partial charge < -0.3 is 4.79 Å². The molecule has 0 amide bonds. The lowest BCUT2D eigenvalue weighted by Gasteiger charge is -2.09. The van der Waals surface area contributed by atoms with Crippen LogP contribution in [0.25, 0.3) is 0 Å². The lowest BCUT2D eigenvalue weighted by atomic mass is 9.96. The van der Waals surface area contributed by atoms with Gasteiger partial charge in [0, 0.05) is 11.8 Å². The number of aldehydes is 1. The topological polar surface area (TPSA) is 17.1 Å². The Balaban J connectivity index is 2.37. The highest BCUT2D eigenvalue weighted by molar-refractivity contribution is 6.17. The van der Waals surface area contributed by atoms with Gasteiger partial charge in [-0.3, -0.25) is 0 Å². The highest BCUT2D eigenvalue weighted by Gasteiger charge is 2.07. The van der Waals surface area contributed by atoms with Crippen molar-refractivity contribution in [1.82, 2.24) is 0 Å². The van der Waals surface area contributed by atoms with Gasteiger partial charge in [0.25, 0.3) is 0 Å². The molecule has 0 fully saturated rings. The SMILES string of the molecule is O=CC(CCCCCl)Cc1ccccc1. The van der Waals surface area contributed by atoms with Gasteiger partial charge in [0.15, 0.2) is 0 Å². The molecule has 2 heteroatoms. The van der Waals surface area contributed by atoms with Gasteiger partial charge in [-0.25, -0.2) is 0 Å². The fourth-order valence-electron chi connectivity index (χ4n) is 1.64. The van der Waals surface area contributed by atoms with E-state index >= 15 is 0 Å². The van der Waals surface area contributed by atoms with Crippen molar-refractivity contribution in [2.45, 2.75) is 25.7 Å². The van der Waals surface area contributed by atoms with E-state index in [0.717, 1.165) is 32.0 Å². The van der Waals surface area contributed by atoms with E-state index in [1.165, 1.54) is 5.56 Å². The van der Waals surface area contributed by atoms with Gasteiger partial charge in [-0.1, -0.05) is 36.8 Å². The third-order valence-corrected chi connectivity index (χ3v) is 2.76. The molecule has 0 saturated heterocycles. The smallest absolute Gasteiger partial charge is 0.123 e. The Morgan fingerprint density at radius 2 is 1.93 bits per heavy atom. The molecular weight excluding hydrogens is 208 g/mol. The van der Waals surface area contributed by atoms with Gasteiger partial charge in [-0.15, -0.1) is 11.6 Å². The summed E-state index contributed by atoms with van der Waals surface area (Å²) in [5, 5.41) is 0. The zero-order valence-electron chi connectivity index (χ0n) is 8.86. The summed E-state index contributed by atoms with van der Waals surface area (Å²) in [6.07, 6.45) is 4.92. The predicted octanol–water partition coefficient (Wildman–Crippen LogP) is 3.45. The number of carbonyl (C=O) groups is 1. The number of hydrogen-bond donors (Lipinski definition) is 0. The molecule has 0 spiro atoms. The molecule has 0 bridgehead atoms. The summed E-state index contributed by atoms with van der Waals surface area (Å²) < 4.78 is 0. The van der Waals surface area contributed by atoms with Crippen LogP contribution >= 0.6 is 11.6 Å². The molecule has 1 aromatic carbocycles. The Bertz CT molecular complexity index is 271. The first-order valence-corrected chi connectivity index (χ1v) is 5.95. The first-order chi connectivity index (χ1) is 7.36. The van der Waals surface area contributed by atoms with Crippen LogP contribution in [0.5, 0.6) is 0 Å². The lowest BCUT2D eigenvalue weighted by Crippen LogP contribution is -2.06. The van der Waals surface area contributed by atoms with Crippen molar-refractivity contribution in [2.75, 3.05) is 5.88 Å². The van der Waals surface area contributed by atoms with Gasteiger partial charge >= 0.3 is 0 Å². The minimum Gasteiger partial charge on any atom is -0.303 e. The zero-order chi connectivity index (χ0) is 10.9. The average molecular weight is 225 g/mol. The molecular formula is C13H17ClO. The summed E-state index contributed by atoms with van der Waals surface area (Å²) in [6, 6.07) is 10.1. The Kier molecular flexibility index (Phi) is 6.10. The number of rotatable bonds is 7. The van der Waals surface area contributed by atoms with Crippen molar-refractivity contribution in [1.29, 1.82) is 0 Å². The van der Waals surface area contributed by atoms with E-state index in [4.69, 9.17) is 11.6 Å². The van der Waals surface area contributed by atoms with E-state index in [-0.39, 0.29) is 5.92 Å². The highest BCUT2D eigenvalue weighted by Crippen LogP contribution is 2.13. The maximum absolute atomic E-state index is 10.9. The van der Waals surface area contributed by atoms with Crippen LogP contribution in [0.4, 0.5) is 0 Å². The molecule has 0 heterocycles. The number of hydrogen-bond acceptors (Lipinski definition) is 1. The first kappa shape index (κ1) is 12.3. The van der Waals surface area contributed by atoms with Gasteiger partial charge in [0.05, 0.1) is 0 Å². The van der Waals surface area contributed by atoms with E-state index in [1.807, 2.05) is 18.2 Å². The largest absolute Gasteiger partial charge is 0.303 e. The van der Waals surface area contributed by atoms with Crippen molar-refractivity contribution >= 4 is 17.9 Å². The van der Waals surface area contributed by atoms with Gasteiger partial charge in [0.2, 0.25) is 0 Å². The number of alkyl halides is 1. The molecule has 0 aliphatic carbocycles. The maximum Gasteiger partial charge on any atom is 0.123 e. The fourth-order valence-corrected chi connectivity index (χ4v) is 1.83. The fraction of sp³-hybridized carbons (Fsp3) is 0.462. The van der Waals surface area contributed by atoms with Crippen LogP contribution in [0.15, 0.2) is 30.3 Å². The van der Waals surface area contributed by atoms with Crippen molar-refractivity contribution < 1.29 is 4.79 Å². The van der Waals surface area contributed by atoms with Gasteiger partial charge in [-0.05, 0) is 24.8 Å². The van der Waals surface area contributed by atoms with E-state index in [1.54, 1.807) is 0 Å². The second-order valence-electron chi connectivity index (χ2n) is 3.77. The minimum atomic E-state index is 0.149. The van der Waals surface area contributed by atoms with Crippen molar-refractivity contribution in [2.24, 2.45) is 5.92 Å². The number of carbonyl (C=O) groups excluding carboxylic acids is 1. The molecule has 15 heavy (non-hydrogen) atoms. The minimum absolute atomic E-state index is 0.149. The van der Waals surface area contributed by atoms with E-state index in [2.05, 4.69) is 12.1 Å². The Morgan fingerprint density at radius 1 is 1.20 bits per heavy atom. The third-order valence-electron chi connectivity index (χ3n) is 2.49. The molecule has 82 valence electrons. The molecule has 0 N–H and O–H groups in total. The average Bonchev–Trinajstić information content (AvgIpc) is 2.29. The van der Waals surface area contributed by atoms with Crippen LogP contribution in [0.2, 0.25) is 0 Å². The molecule has 0 radical (unpaired) electrons. The van der Waals surface area contributed by atoms with Gasteiger partial charge in [-0.2, -0.15) is 0 Å². The summed E-state index contributed by atoms with van der Waals surface area (Å²) in [5.41, 5.74) is 1.24. The van der Waals surface area contributed by atoms with Crippen molar-refractivity contribution in [3.05, 3.63) is 35.9 Å². The number of unbranched alkanes of at least 4 members (excludes halogenated alkanes) is 1. The Labute approximate surface area is 96.5 Å². The molecule has 0 saturated carbocycles. The molecule has 1 atom stereocenters. The molecule has 1 nitrogen and oxygen atoms in total. The highest BCUT2D eigenvalue weighted by atomic mass is 35.5. The van der Waals surface area contributed by atoms with Crippen LogP contribution in [0.3, 0.4) is 0 Å². The van der Waals surface area contributed by atoms with Crippen LogP contribution in [-0.4, -0.2) is 12.2 Å². The number of benzene rings is 1. The quantitative estimate of drug-likeness (QED) is 0.394.